The lowest BCUT2D eigenvalue weighted by Crippen LogP contribution is -2.41. The molecule has 0 saturated heterocycles. The Bertz CT molecular complexity index is 1170. The average molecular weight is 508 g/mol. The molecule has 3 rings (SSSR count). The van der Waals surface area contributed by atoms with Gasteiger partial charge in [-0.1, -0.05) is 0 Å². The largest absolute Gasteiger partial charge is 0.480 e. The predicted molar refractivity (Wildman–Crippen MR) is 130 cm³/mol. The highest BCUT2D eigenvalue weighted by Crippen LogP contribution is 2.42. The zero-order chi connectivity index (χ0) is 25.6. The average Bonchev–Trinajstić information content (AvgIpc) is 2.80. The number of H-pyrrole nitrogens is 1. The van der Waals surface area contributed by atoms with Crippen LogP contribution in [0.15, 0.2) is 29.1 Å². The van der Waals surface area contributed by atoms with E-state index in [9.17, 15) is 28.9 Å². The number of hydrogen-bond donors (Lipinski definition) is 7. The molecule has 0 radical (unpaired) electrons. The van der Waals surface area contributed by atoms with Crippen LogP contribution in [0.25, 0.3) is 0 Å². The van der Waals surface area contributed by atoms with Gasteiger partial charge in [0.15, 0.2) is 0 Å². The van der Waals surface area contributed by atoms with Gasteiger partial charge in [-0.05, 0) is 49.9 Å². The molecule has 1 aromatic heterocycles. The molecule has 1 aliphatic rings. The van der Waals surface area contributed by atoms with Crippen molar-refractivity contribution in [3.8, 4) is 0 Å². The number of carbonyl (C=O) groups excluding carboxylic acids is 1. The van der Waals surface area contributed by atoms with Crippen molar-refractivity contribution in [1.82, 2.24) is 15.3 Å². The lowest BCUT2D eigenvalue weighted by Gasteiger charge is -2.25. The molecule has 3 atom stereocenters. The van der Waals surface area contributed by atoms with E-state index >= 15 is 0 Å². The lowest BCUT2D eigenvalue weighted by atomic mass is 9.96. The van der Waals surface area contributed by atoms with Crippen LogP contribution in [0.1, 0.15) is 29.3 Å². The summed E-state index contributed by atoms with van der Waals surface area (Å²) in [5.41, 5.74) is 6.83. The van der Waals surface area contributed by atoms with Crippen molar-refractivity contribution in [1.29, 1.82) is 0 Å². The highest BCUT2D eigenvalue weighted by Gasteiger charge is 2.27. The number of aromatic amines is 1. The van der Waals surface area contributed by atoms with Gasteiger partial charge in [-0.2, -0.15) is 4.98 Å². The zero-order valence-electron chi connectivity index (χ0n) is 19.1. The number of fused-ring (bicyclic) bond motifs is 1. The Morgan fingerprint density at radius 2 is 2.06 bits per heavy atom. The van der Waals surface area contributed by atoms with Crippen LogP contribution in [0.4, 0.5) is 17.5 Å². The van der Waals surface area contributed by atoms with Crippen molar-refractivity contribution in [2.75, 3.05) is 42.2 Å². The Kier molecular flexibility index (Phi) is 8.49. The van der Waals surface area contributed by atoms with Gasteiger partial charge in [-0.15, -0.1) is 0 Å². The van der Waals surface area contributed by atoms with E-state index in [2.05, 4.69) is 25.9 Å². The summed E-state index contributed by atoms with van der Waals surface area (Å²) in [6.45, 7) is 2.74. The van der Waals surface area contributed by atoms with Crippen LogP contribution in [0.5, 0.6) is 0 Å². The van der Waals surface area contributed by atoms with Crippen LogP contribution < -0.4 is 27.2 Å². The molecule has 190 valence electrons. The van der Waals surface area contributed by atoms with Gasteiger partial charge in [-0.25, -0.2) is 4.79 Å². The second-order valence-electron chi connectivity index (χ2n) is 8.12. The third-order valence-corrected chi connectivity index (χ3v) is 6.95. The second kappa shape index (κ2) is 11.3. The summed E-state index contributed by atoms with van der Waals surface area (Å²) in [5, 5.41) is 18.1. The lowest BCUT2D eigenvalue weighted by molar-refractivity contribution is -0.139. The van der Waals surface area contributed by atoms with E-state index in [0.29, 0.717) is 30.9 Å². The number of rotatable bonds is 11. The van der Waals surface area contributed by atoms with Crippen molar-refractivity contribution in [3.05, 3.63) is 45.7 Å². The maximum absolute atomic E-state index is 12.5. The van der Waals surface area contributed by atoms with E-state index in [0.717, 1.165) is 5.69 Å². The third-order valence-electron chi connectivity index (χ3n) is 5.46. The Labute approximate surface area is 201 Å². The molecule has 0 fully saturated rings. The molecule has 0 spiro atoms. The molecule has 0 bridgehead atoms. The standard InChI is InChI=1S/C21H29N6O7P/c1-2-34-35(32,33)8-7-16(20(30)31)25-18(28)13-3-5-14(6-4-13)23-10-12-9-15-17(24-11-12)26-21(22)27-19(15)29/h3-6,12,16,23H,2,7-11H2,1H3,(H,25,28)(H,30,31)(H,32,33)(H4,22,24,26,27,29). The number of aliphatic carboxylic acids is 1. The normalized spacial score (nSPS) is 17.4. The van der Waals surface area contributed by atoms with E-state index < -0.39 is 31.7 Å². The number of nitrogens with one attached hydrogen (secondary N) is 4. The number of anilines is 3. The molecule has 0 saturated carbocycles. The molecule has 1 amide bonds. The highest BCUT2D eigenvalue weighted by molar-refractivity contribution is 7.52. The topological polar surface area (TPSA) is 209 Å². The number of aromatic nitrogens is 2. The van der Waals surface area contributed by atoms with Crippen LogP contribution in [0.2, 0.25) is 0 Å². The van der Waals surface area contributed by atoms with Gasteiger partial charge in [0.1, 0.15) is 11.9 Å². The monoisotopic (exact) mass is 508 g/mol. The fraction of sp³-hybridized carbons (Fsp3) is 0.429. The maximum atomic E-state index is 12.5. The zero-order valence-corrected chi connectivity index (χ0v) is 20.0. The molecule has 14 heteroatoms. The fourth-order valence-corrected chi connectivity index (χ4v) is 4.77. The summed E-state index contributed by atoms with van der Waals surface area (Å²) in [4.78, 5) is 52.3. The summed E-state index contributed by atoms with van der Waals surface area (Å²) >= 11 is 0. The first-order chi connectivity index (χ1) is 16.6. The molecule has 2 aromatic rings. The van der Waals surface area contributed by atoms with Gasteiger partial charge >= 0.3 is 13.6 Å². The van der Waals surface area contributed by atoms with Gasteiger partial charge in [0.05, 0.1) is 18.3 Å². The van der Waals surface area contributed by atoms with E-state index in [1.54, 1.807) is 31.2 Å². The number of nitrogen functional groups attached to an aromatic ring is 1. The molecule has 35 heavy (non-hydrogen) atoms. The maximum Gasteiger partial charge on any atom is 0.328 e. The Balaban J connectivity index is 1.53. The molecule has 3 unspecified atom stereocenters. The summed E-state index contributed by atoms with van der Waals surface area (Å²) in [6, 6.07) is 5.11. The highest BCUT2D eigenvalue weighted by atomic mass is 31.2. The van der Waals surface area contributed by atoms with Gasteiger partial charge < -0.3 is 36.2 Å². The number of carbonyl (C=O) groups is 2. The minimum Gasteiger partial charge on any atom is -0.480 e. The quantitative estimate of drug-likeness (QED) is 0.212. The van der Waals surface area contributed by atoms with Crippen LogP contribution >= 0.6 is 7.60 Å². The van der Waals surface area contributed by atoms with Crippen LogP contribution in [0, 0.1) is 5.92 Å². The second-order valence-corrected chi connectivity index (χ2v) is 10.1. The van der Waals surface area contributed by atoms with Crippen LogP contribution in [-0.2, 0) is 20.3 Å². The number of carboxylic acid groups (broad SMARTS) is 1. The third kappa shape index (κ3) is 7.28. The van der Waals surface area contributed by atoms with E-state index in [4.69, 9.17) is 10.3 Å². The van der Waals surface area contributed by atoms with Crippen molar-refractivity contribution in [3.63, 3.8) is 0 Å². The van der Waals surface area contributed by atoms with E-state index in [1.807, 2.05) is 0 Å². The first-order valence-electron chi connectivity index (χ1n) is 11.0. The molecular weight excluding hydrogens is 479 g/mol. The molecule has 13 nitrogen and oxygen atoms in total. The van der Waals surface area contributed by atoms with Crippen molar-refractivity contribution < 1.29 is 28.7 Å². The van der Waals surface area contributed by atoms with Gasteiger partial charge in [0.2, 0.25) is 5.95 Å². The molecular formula is C21H29N6O7P. The number of amides is 1. The van der Waals surface area contributed by atoms with Gasteiger partial charge in [-0.3, -0.25) is 19.1 Å². The van der Waals surface area contributed by atoms with E-state index in [-0.39, 0.29) is 36.0 Å². The SMILES string of the molecule is CCOP(=O)(O)CCC(NC(=O)c1ccc(NCC2CNc3nc(N)[nH]c(=O)c3C2)cc1)C(=O)O. The van der Waals surface area contributed by atoms with Crippen LogP contribution in [-0.4, -0.2) is 63.7 Å². The summed E-state index contributed by atoms with van der Waals surface area (Å²) in [7, 11) is -3.91. The molecule has 1 aromatic carbocycles. The van der Waals surface area contributed by atoms with Crippen LogP contribution in [0.3, 0.4) is 0 Å². The van der Waals surface area contributed by atoms with E-state index in [1.165, 1.54) is 0 Å². The first kappa shape index (κ1) is 26.2. The summed E-state index contributed by atoms with van der Waals surface area (Å²) < 4.78 is 16.5. The number of carboxylic acids is 1. The number of nitrogens with two attached hydrogens (primary N) is 1. The minimum atomic E-state index is -3.91. The number of hydrogen-bond acceptors (Lipinski definition) is 9. The van der Waals surface area contributed by atoms with Crippen molar-refractivity contribution in [2.45, 2.75) is 25.8 Å². The molecule has 0 aliphatic carbocycles. The Morgan fingerprint density at radius 1 is 1.34 bits per heavy atom. The van der Waals surface area contributed by atoms with Crippen molar-refractivity contribution >= 4 is 36.9 Å². The molecule has 8 N–H and O–H groups in total. The smallest absolute Gasteiger partial charge is 0.328 e. The summed E-state index contributed by atoms with van der Waals surface area (Å²) in [6.07, 6.45) is -0.117. The number of benzene rings is 1. The summed E-state index contributed by atoms with van der Waals surface area (Å²) in [5.74, 6) is -1.25. The van der Waals surface area contributed by atoms with Gasteiger partial charge in [0, 0.05) is 24.3 Å². The Hall–Kier alpha value is -3.41. The first-order valence-corrected chi connectivity index (χ1v) is 12.8. The van der Waals surface area contributed by atoms with Gasteiger partial charge in [0.25, 0.3) is 11.5 Å². The van der Waals surface area contributed by atoms with Crippen molar-refractivity contribution in [2.24, 2.45) is 5.92 Å². The molecule has 1 aliphatic heterocycles. The predicted octanol–water partition coefficient (Wildman–Crippen LogP) is 0.843. The Morgan fingerprint density at radius 3 is 2.71 bits per heavy atom. The number of nitrogens with zero attached hydrogens (tertiary/aromatic N) is 1. The fourth-order valence-electron chi connectivity index (χ4n) is 3.66. The minimum absolute atomic E-state index is 0.0213. The molecule has 2 heterocycles.